The van der Waals surface area contributed by atoms with Crippen LogP contribution in [-0.4, -0.2) is 6.03 Å². The molecule has 2 amide bonds. The van der Waals surface area contributed by atoms with Gasteiger partial charge in [-0.05, 0) is 48.2 Å². The molecule has 4 heteroatoms. The summed E-state index contributed by atoms with van der Waals surface area (Å²) in [6, 6.07) is 16.9. The Labute approximate surface area is 123 Å². The molecule has 0 heterocycles. The Bertz CT molecular complexity index is 701. The van der Waals surface area contributed by atoms with Crippen LogP contribution in [0.2, 0.25) is 0 Å². The SMILES string of the molecule is N#Cc1ccc(NC(=O)NC2CCc3ccccc32)cc1. The number of hydrogen-bond donors (Lipinski definition) is 2. The van der Waals surface area contributed by atoms with Gasteiger partial charge in [0.15, 0.2) is 0 Å². The number of anilines is 1. The van der Waals surface area contributed by atoms with Crippen LogP contribution in [0.3, 0.4) is 0 Å². The molecule has 2 N–H and O–H groups in total. The van der Waals surface area contributed by atoms with Crippen molar-refractivity contribution in [3.63, 3.8) is 0 Å². The standard InChI is InChI=1S/C17H15N3O/c18-11-12-5-8-14(9-6-12)19-17(21)20-16-10-7-13-3-1-2-4-15(13)16/h1-6,8-9,16H,7,10H2,(H2,19,20,21). The van der Waals surface area contributed by atoms with E-state index in [1.54, 1.807) is 24.3 Å². The molecule has 2 aromatic rings. The number of nitrogens with one attached hydrogen (secondary N) is 2. The lowest BCUT2D eigenvalue weighted by Gasteiger charge is -2.15. The van der Waals surface area contributed by atoms with Crippen molar-refractivity contribution in [1.82, 2.24) is 5.32 Å². The number of urea groups is 1. The summed E-state index contributed by atoms with van der Waals surface area (Å²) in [6.45, 7) is 0. The number of fused-ring (bicyclic) bond motifs is 1. The third kappa shape index (κ3) is 2.87. The highest BCUT2D eigenvalue weighted by atomic mass is 16.2. The third-order valence-corrected chi connectivity index (χ3v) is 3.71. The van der Waals surface area contributed by atoms with E-state index in [0.29, 0.717) is 11.3 Å². The Hall–Kier alpha value is -2.80. The highest BCUT2D eigenvalue weighted by molar-refractivity contribution is 5.89. The molecule has 0 radical (unpaired) electrons. The Balaban J connectivity index is 1.63. The van der Waals surface area contributed by atoms with Gasteiger partial charge in [0.05, 0.1) is 17.7 Å². The molecule has 2 aromatic carbocycles. The molecule has 0 saturated heterocycles. The highest BCUT2D eigenvalue weighted by Crippen LogP contribution is 2.30. The molecule has 0 aliphatic heterocycles. The van der Waals surface area contributed by atoms with Crippen LogP contribution in [-0.2, 0) is 6.42 Å². The maximum Gasteiger partial charge on any atom is 0.319 e. The number of carbonyl (C=O) groups is 1. The Morgan fingerprint density at radius 3 is 2.67 bits per heavy atom. The van der Waals surface area contributed by atoms with Gasteiger partial charge in [0.1, 0.15) is 0 Å². The minimum Gasteiger partial charge on any atom is -0.331 e. The first-order valence-corrected chi connectivity index (χ1v) is 6.92. The van der Waals surface area contributed by atoms with E-state index in [2.05, 4.69) is 22.8 Å². The van der Waals surface area contributed by atoms with Crippen molar-refractivity contribution in [2.45, 2.75) is 18.9 Å². The van der Waals surface area contributed by atoms with Gasteiger partial charge in [-0.25, -0.2) is 4.79 Å². The van der Waals surface area contributed by atoms with Crippen molar-refractivity contribution in [3.05, 3.63) is 65.2 Å². The Morgan fingerprint density at radius 2 is 1.90 bits per heavy atom. The topological polar surface area (TPSA) is 64.9 Å². The van der Waals surface area contributed by atoms with Gasteiger partial charge in [-0.2, -0.15) is 5.26 Å². The van der Waals surface area contributed by atoms with Crippen LogP contribution in [0.5, 0.6) is 0 Å². The van der Waals surface area contributed by atoms with Crippen LogP contribution in [0, 0.1) is 11.3 Å². The molecule has 0 aromatic heterocycles. The number of carbonyl (C=O) groups excluding carboxylic acids is 1. The minimum absolute atomic E-state index is 0.0691. The Kier molecular flexibility index (Phi) is 3.57. The number of aryl methyl sites for hydroxylation is 1. The van der Waals surface area contributed by atoms with E-state index < -0.39 is 0 Å². The van der Waals surface area contributed by atoms with E-state index in [1.807, 2.05) is 18.2 Å². The fourth-order valence-electron chi connectivity index (χ4n) is 2.66. The van der Waals surface area contributed by atoms with E-state index in [-0.39, 0.29) is 12.1 Å². The Morgan fingerprint density at radius 1 is 1.14 bits per heavy atom. The molecular weight excluding hydrogens is 262 g/mol. The number of nitrogens with zero attached hydrogens (tertiary/aromatic N) is 1. The second-order valence-electron chi connectivity index (χ2n) is 5.08. The summed E-state index contributed by atoms with van der Waals surface area (Å²) in [5, 5.41) is 14.5. The van der Waals surface area contributed by atoms with Crippen LogP contribution in [0.15, 0.2) is 48.5 Å². The molecule has 0 fully saturated rings. The maximum atomic E-state index is 12.0. The highest BCUT2D eigenvalue weighted by Gasteiger charge is 2.23. The average Bonchev–Trinajstić information content (AvgIpc) is 2.91. The third-order valence-electron chi connectivity index (χ3n) is 3.71. The van der Waals surface area contributed by atoms with Crippen LogP contribution in [0.4, 0.5) is 10.5 Å². The van der Waals surface area contributed by atoms with E-state index in [9.17, 15) is 4.79 Å². The zero-order valence-corrected chi connectivity index (χ0v) is 11.5. The molecule has 4 nitrogen and oxygen atoms in total. The lowest BCUT2D eigenvalue weighted by molar-refractivity contribution is 0.248. The molecule has 21 heavy (non-hydrogen) atoms. The molecular formula is C17H15N3O. The molecule has 3 rings (SSSR count). The number of nitriles is 1. The zero-order valence-electron chi connectivity index (χ0n) is 11.5. The van der Waals surface area contributed by atoms with Gasteiger partial charge in [0.2, 0.25) is 0 Å². The van der Waals surface area contributed by atoms with Gasteiger partial charge in [-0.15, -0.1) is 0 Å². The van der Waals surface area contributed by atoms with Gasteiger partial charge in [-0.3, -0.25) is 0 Å². The minimum atomic E-state index is -0.221. The van der Waals surface area contributed by atoms with Crippen molar-refractivity contribution in [2.24, 2.45) is 0 Å². The van der Waals surface area contributed by atoms with Crippen molar-refractivity contribution < 1.29 is 4.79 Å². The summed E-state index contributed by atoms with van der Waals surface area (Å²) in [5.41, 5.74) is 3.76. The number of amides is 2. The predicted octanol–water partition coefficient (Wildman–Crippen LogP) is 3.37. The lowest BCUT2D eigenvalue weighted by Crippen LogP contribution is -2.31. The van der Waals surface area contributed by atoms with Gasteiger partial charge < -0.3 is 10.6 Å². The summed E-state index contributed by atoms with van der Waals surface area (Å²) in [7, 11) is 0. The molecule has 1 unspecified atom stereocenters. The second kappa shape index (κ2) is 5.68. The first-order valence-electron chi connectivity index (χ1n) is 6.92. The number of benzene rings is 2. The van der Waals surface area contributed by atoms with E-state index in [4.69, 9.17) is 5.26 Å². The molecule has 104 valence electrons. The first kappa shape index (κ1) is 13.2. The number of hydrogen-bond acceptors (Lipinski definition) is 2. The van der Waals surface area contributed by atoms with Crippen LogP contribution < -0.4 is 10.6 Å². The quantitative estimate of drug-likeness (QED) is 0.884. The van der Waals surface area contributed by atoms with Gasteiger partial charge in [-0.1, -0.05) is 24.3 Å². The average molecular weight is 277 g/mol. The monoisotopic (exact) mass is 277 g/mol. The summed E-state index contributed by atoms with van der Waals surface area (Å²) in [6.07, 6.45) is 1.93. The predicted molar refractivity (Wildman–Crippen MR) is 80.8 cm³/mol. The van der Waals surface area contributed by atoms with Gasteiger partial charge in [0, 0.05) is 5.69 Å². The second-order valence-corrected chi connectivity index (χ2v) is 5.08. The summed E-state index contributed by atoms with van der Waals surface area (Å²) >= 11 is 0. The largest absolute Gasteiger partial charge is 0.331 e. The van der Waals surface area contributed by atoms with Crippen molar-refractivity contribution in [2.75, 3.05) is 5.32 Å². The van der Waals surface area contributed by atoms with E-state index in [0.717, 1.165) is 12.8 Å². The molecule has 1 aliphatic carbocycles. The lowest BCUT2D eigenvalue weighted by atomic mass is 10.1. The fraction of sp³-hybridized carbons (Fsp3) is 0.176. The zero-order chi connectivity index (χ0) is 14.7. The smallest absolute Gasteiger partial charge is 0.319 e. The summed E-state index contributed by atoms with van der Waals surface area (Å²) in [5.74, 6) is 0. The normalized spacial score (nSPS) is 15.9. The van der Waals surface area contributed by atoms with Crippen molar-refractivity contribution in [1.29, 1.82) is 5.26 Å². The molecule has 1 atom stereocenters. The molecule has 1 aliphatic rings. The van der Waals surface area contributed by atoms with Gasteiger partial charge >= 0.3 is 6.03 Å². The first-order chi connectivity index (χ1) is 10.3. The van der Waals surface area contributed by atoms with Crippen LogP contribution >= 0.6 is 0 Å². The van der Waals surface area contributed by atoms with Gasteiger partial charge in [0.25, 0.3) is 0 Å². The number of rotatable bonds is 2. The molecule has 0 spiro atoms. The van der Waals surface area contributed by atoms with E-state index in [1.165, 1.54) is 11.1 Å². The van der Waals surface area contributed by atoms with Crippen molar-refractivity contribution >= 4 is 11.7 Å². The van der Waals surface area contributed by atoms with Crippen LogP contribution in [0.1, 0.15) is 29.2 Å². The van der Waals surface area contributed by atoms with Crippen LogP contribution in [0.25, 0.3) is 0 Å². The molecule has 0 bridgehead atoms. The molecule has 0 saturated carbocycles. The maximum absolute atomic E-state index is 12.0. The fourth-order valence-corrected chi connectivity index (χ4v) is 2.66. The van der Waals surface area contributed by atoms with Crippen molar-refractivity contribution in [3.8, 4) is 6.07 Å². The van der Waals surface area contributed by atoms with E-state index >= 15 is 0 Å². The summed E-state index contributed by atoms with van der Waals surface area (Å²) in [4.78, 5) is 12.0. The summed E-state index contributed by atoms with van der Waals surface area (Å²) < 4.78 is 0.